The van der Waals surface area contributed by atoms with Gasteiger partial charge in [-0.1, -0.05) is 0 Å². The quantitative estimate of drug-likeness (QED) is 0.659. The van der Waals surface area contributed by atoms with Crippen LogP contribution in [0.1, 0.15) is 40.0 Å². The van der Waals surface area contributed by atoms with Gasteiger partial charge in [-0.2, -0.15) is 0 Å². The van der Waals surface area contributed by atoms with Crippen LogP contribution in [-0.2, 0) is 0 Å². The molecule has 0 heterocycles. The van der Waals surface area contributed by atoms with E-state index in [4.69, 9.17) is 5.73 Å². The summed E-state index contributed by atoms with van der Waals surface area (Å²) in [6, 6.07) is 0.469. The summed E-state index contributed by atoms with van der Waals surface area (Å²) in [6.07, 6.45) is 3.74. The highest BCUT2D eigenvalue weighted by Crippen LogP contribution is 2.23. The summed E-state index contributed by atoms with van der Waals surface area (Å²) < 4.78 is 0. The fraction of sp³-hybridized carbons (Fsp3) is 1.00. The van der Waals surface area contributed by atoms with E-state index in [0.29, 0.717) is 6.04 Å². The van der Waals surface area contributed by atoms with E-state index >= 15 is 0 Å². The standard InChI is InChI=1S/C10H22N2/c1-10(2,3)12-7-8-4-5-9(11)6-8/h8-9,12H,4-7,11H2,1-3H3/t8-,9+/m1/s1. The van der Waals surface area contributed by atoms with Crippen LogP contribution in [-0.4, -0.2) is 18.1 Å². The van der Waals surface area contributed by atoms with E-state index in [-0.39, 0.29) is 5.54 Å². The fourth-order valence-electron chi connectivity index (χ4n) is 1.75. The highest BCUT2D eigenvalue weighted by molar-refractivity contribution is 4.81. The highest BCUT2D eigenvalue weighted by Gasteiger charge is 2.22. The van der Waals surface area contributed by atoms with Gasteiger partial charge in [-0.15, -0.1) is 0 Å². The predicted octanol–water partition coefficient (Wildman–Crippen LogP) is 1.50. The van der Waals surface area contributed by atoms with Crippen LogP contribution in [0.3, 0.4) is 0 Å². The molecule has 0 aromatic heterocycles. The summed E-state index contributed by atoms with van der Waals surface area (Å²) in [7, 11) is 0. The van der Waals surface area contributed by atoms with Gasteiger partial charge in [0.05, 0.1) is 0 Å². The second-order valence-electron chi connectivity index (χ2n) is 5.07. The van der Waals surface area contributed by atoms with Crippen molar-refractivity contribution in [1.82, 2.24) is 5.32 Å². The van der Waals surface area contributed by atoms with Gasteiger partial charge in [0.2, 0.25) is 0 Å². The Balaban J connectivity index is 2.16. The molecule has 12 heavy (non-hydrogen) atoms. The zero-order valence-corrected chi connectivity index (χ0v) is 8.56. The lowest BCUT2D eigenvalue weighted by molar-refractivity contribution is 0.372. The molecule has 1 fully saturated rings. The van der Waals surface area contributed by atoms with Gasteiger partial charge in [0, 0.05) is 11.6 Å². The first-order chi connectivity index (χ1) is 5.47. The molecule has 1 aliphatic carbocycles. The van der Waals surface area contributed by atoms with Crippen molar-refractivity contribution in [2.75, 3.05) is 6.54 Å². The van der Waals surface area contributed by atoms with Crippen LogP contribution in [0.15, 0.2) is 0 Å². The number of nitrogens with one attached hydrogen (secondary N) is 1. The van der Waals surface area contributed by atoms with Crippen LogP contribution in [0.5, 0.6) is 0 Å². The first-order valence-corrected chi connectivity index (χ1v) is 4.98. The molecule has 2 heteroatoms. The van der Waals surface area contributed by atoms with E-state index < -0.39 is 0 Å². The molecule has 0 spiro atoms. The molecule has 0 aliphatic heterocycles. The topological polar surface area (TPSA) is 38.0 Å². The van der Waals surface area contributed by atoms with Crippen LogP contribution >= 0.6 is 0 Å². The maximum Gasteiger partial charge on any atom is 0.00966 e. The van der Waals surface area contributed by atoms with Crippen molar-refractivity contribution in [3.05, 3.63) is 0 Å². The Labute approximate surface area is 75.9 Å². The van der Waals surface area contributed by atoms with Gasteiger partial charge in [0.25, 0.3) is 0 Å². The van der Waals surface area contributed by atoms with Gasteiger partial charge in [-0.05, 0) is 52.5 Å². The van der Waals surface area contributed by atoms with E-state index in [1.165, 1.54) is 19.3 Å². The third kappa shape index (κ3) is 3.55. The summed E-state index contributed by atoms with van der Waals surface area (Å²) in [5.74, 6) is 0.819. The molecule has 1 rings (SSSR count). The van der Waals surface area contributed by atoms with Crippen molar-refractivity contribution in [2.24, 2.45) is 11.7 Å². The maximum atomic E-state index is 5.84. The first kappa shape index (κ1) is 10.0. The molecule has 3 N–H and O–H groups in total. The van der Waals surface area contributed by atoms with Crippen molar-refractivity contribution in [2.45, 2.75) is 51.6 Å². The molecule has 1 aliphatic rings. The minimum atomic E-state index is 0.257. The molecular formula is C10H22N2. The third-order valence-electron chi connectivity index (χ3n) is 2.50. The van der Waals surface area contributed by atoms with E-state index in [1.54, 1.807) is 0 Å². The Hall–Kier alpha value is -0.0800. The fourth-order valence-corrected chi connectivity index (χ4v) is 1.75. The van der Waals surface area contributed by atoms with E-state index in [9.17, 15) is 0 Å². The number of rotatable bonds is 2. The Kier molecular flexibility index (Phi) is 3.13. The monoisotopic (exact) mass is 170 g/mol. The van der Waals surface area contributed by atoms with E-state index in [2.05, 4.69) is 26.1 Å². The number of nitrogens with two attached hydrogens (primary N) is 1. The molecular weight excluding hydrogens is 148 g/mol. The molecule has 0 aromatic carbocycles. The van der Waals surface area contributed by atoms with Crippen molar-refractivity contribution in [1.29, 1.82) is 0 Å². The number of hydrogen-bond donors (Lipinski definition) is 2. The van der Waals surface area contributed by atoms with Gasteiger partial charge in [0.1, 0.15) is 0 Å². The summed E-state index contributed by atoms with van der Waals surface area (Å²) in [6.45, 7) is 7.77. The van der Waals surface area contributed by atoms with Gasteiger partial charge in [-0.3, -0.25) is 0 Å². The third-order valence-corrected chi connectivity index (χ3v) is 2.50. The molecule has 0 radical (unpaired) electrons. The molecule has 0 amide bonds. The molecule has 72 valence electrons. The van der Waals surface area contributed by atoms with Crippen molar-refractivity contribution < 1.29 is 0 Å². The molecule has 0 saturated heterocycles. The van der Waals surface area contributed by atoms with Crippen LogP contribution in [0, 0.1) is 5.92 Å². The van der Waals surface area contributed by atoms with Crippen LogP contribution in [0.2, 0.25) is 0 Å². The minimum absolute atomic E-state index is 0.257. The Morgan fingerprint density at radius 2 is 2.00 bits per heavy atom. The zero-order valence-electron chi connectivity index (χ0n) is 8.56. The van der Waals surface area contributed by atoms with Crippen molar-refractivity contribution in [3.8, 4) is 0 Å². The van der Waals surface area contributed by atoms with Crippen LogP contribution in [0.4, 0.5) is 0 Å². The first-order valence-electron chi connectivity index (χ1n) is 4.98. The Bertz CT molecular complexity index is 137. The van der Waals surface area contributed by atoms with Crippen molar-refractivity contribution >= 4 is 0 Å². The van der Waals surface area contributed by atoms with Gasteiger partial charge >= 0.3 is 0 Å². The summed E-state index contributed by atoms with van der Waals surface area (Å²) in [5.41, 5.74) is 6.09. The summed E-state index contributed by atoms with van der Waals surface area (Å²) in [4.78, 5) is 0. The lowest BCUT2D eigenvalue weighted by Gasteiger charge is -2.23. The second kappa shape index (κ2) is 3.75. The maximum absolute atomic E-state index is 5.84. The average molecular weight is 170 g/mol. The summed E-state index contributed by atoms with van der Waals surface area (Å²) >= 11 is 0. The number of hydrogen-bond acceptors (Lipinski definition) is 2. The average Bonchev–Trinajstić information content (AvgIpc) is 2.30. The molecule has 2 nitrogen and oxygen atoms in total. The molecule has 2 atom stereocenters. The predicted molar refractivity (Wildman–Crippen MR) is 53.1 cm³/mol. The van der Waals surface area contributed by atoms with Crippen LogP contribution in [0.25, 0.3) is 0 Å². The molecule has 0 unspecified atom stereocenters. The second-order valence-corrected chi connectivity index (χ2v) is 5.07. The lowest BCUT2D eigenvalue weighted by atomic mass is 10.0. The van der Waals surface area contributed by atoms with Crippen molar-refractivity contribution in [3.63, 3.8) is 0 Å². The molecule has 1 saturated carbocycles. The van der Waals surface area contributed by atoms with Gasteiger partial charge in [0.15, 0.2) is 0 Å². The SMILES string of the molecule is CC(C)(C)NC[C@@H]1CC[C@H](N)C1. The zero-order chi connectivity index (χ0) is 9.19. The van der Waals surface area contributed by atoms with Gasteiger partial charge < -0.3 is 11.1 Å². The highest BCUT2D eigenvalue weighted by atomic mass is 14.9. The van der Waals surface area contributed by atoms with E-state index in [0.717, 1.165) is 12.5 Å². The molecule has 0 bridgehead atoms. The smallest absolute Gasteiger partial charge is 0.00966 e. The van der Waals surface area contributed by atoms with Crippen LogP contribution < -0.4 is 11.1 Å². The normalized spacial score (nSPS) is 31.0. The summed E-state index contributed by atoms with van der Waals surface area (Å²) in [5, 5.41) is 3.53. The van der Waals surface area contributed by atoms with E-state index in [1.807, 2.05) is 0 Å². The Morgan fingerprint density at radius 3 is 2.42 bits per heavy atom. The minimum Gasteiger partial charge on any atom is -0.328 e. The largest absolute Gasteiger partial charge is 0.328 e. The van der Waals surface area contributed by atoms with Gasteiger partial charge in [-0.25, -0.2) is 0 Å². The Morgan fingerprint density at radius 1 is 1.33 bits per heavy atom. The lowest BCUT2D eigenvalue weighted by Crippen LogP contribution is -2.38. The molecule has 0 aromatic rings.